The second-order valence-electron chi connectivity index (χ2n) is 10.5. The maximum Gasteiger partial charge on any atom is 0.221 e. The predicted molar refractivity (Wildman–Crippen MR) is 148 cm³/mol. The number of para-hydroxylation sites is 1. The lowest BCUT2D eigenvalue weighted by atomic mass is 9.91. The number of aromatic hydroxyl groups is 1. The number of carbonyl (C=O) groups is 1. The second kappa shape index (κ2) is 12.0. The van der Waals surface area contributed by atoms with Crippen molar-refractivity contribution in [3.8, 4) is 22.6 Å². The van der Waals surface area contributed by atoms with E-state index in [1.54, 1.807) is 12.1 Å². The van der Waals surface area contributed by atoms with Crippen LogP contribution in [0, 0.1) is 11.7 Å². The van der Waals surface area contributed by atoms with Crippen LogP contribution in [0.15, 0.2) is 48.1 Å². The van der Waals surface area contributed by atoms with Gasteiger partial charge in [-0.15, -0.1) is 0 Å². The van der Waals surface area contributed by atoms with E-state index in [-0.39, 0.29) is 29.2 Å². The van der Waals surface area contributed by atoms with E-state index < -0.39 is 5.82 Å². The predicted octanol–water partition coefficient (Wildman–Crippen LogP) is 6.56. The Morgan fingerprint density at radius 3 is 2.71 bits per heavy atom. The first kappa shape index (κ1) is 26.3. The van der Waals surface area contributed by atoms with Gasteiger partial charge in [-0.3, -0.25) is 4.79 Å². The number of phenolic OH excluding ortho intramolecular Hbond substituents is 1. The maximum atomic E-state index is 15.2. The van der Waals surface area contributed by atoms with Gasteiger partial charge in [0.1, 0.15) is 22.9 Å². The van der Waals surface area contributed by atoms with Crippen molar-refractivity contribution in [2.24, 2.45) is 5.92 Å². The molecule has 2 aromatic rings. The number of allylic oxidation sites excluding steroid dienone is 2. The Balaban J connectivity index is 1.43. The largest absolute Gasteiger partial charge is 0.507 e. The van der Waals surface area contributed by atoms with Gasteiger partial charge in [0.15, 0.2) is 5.82 Å². The van der Waals surface area contributed by atoms with E-state index in [2.05, 4.69) is 16.7 Å². The van der Waals surface area contributed by atoms with Gasteiger partial charge in [-0.1, -0.05) is 18.2 Å². The average molecular weight is 521 g/mol. The normalized spacial score (nSPS) is 18.5. The molecule has 0 radical (unpaired) electrons. The highest BCUT2D eigenvalue weighted by atomic mass is 19.1. The maximum absolute atomic E-state index is 15.2. The van der Waals surface area contributed by atoms with Crippen LogP contribution in [0.2, 0.25) is 0 Å². The SMILES string of the molecule is CC(=O)Nc1c(F)cc(-c2cccc(C3=CC(CCC4CCNCC4)=CCCO3)c2O)cc1OC1CCC1. The number of ether oxygens (including phenoxy) is 2. The Morgan fingerprint density at radius 2 is 1.97 bits per heavy atom. The Kier molecular flexibility index (Phi) is 8.32. The number of nitrogens with one attached hydrogen (secondary N) is 2. The van der Waals surface area contributed by atoms with Crippen molar-refractivity contribution in [2.45, 2.75) is 64.4 Å². The van der Waals surface area contributed by atoms with Gasteiger partial charge in [0.25, 0.3) is 0 Å². The third kappa shape index (κ3) is 6.21. The number of piperidine rings is 1. The van der Waals surface area contributed by atoms with Gasteiger partial charge in [-0.25, -0.2) is 4.39 Å². The molecule has 0 spiro atoms. The van der Waals surface area contributed by atoms with Crippen LogP contribution in [0.25, 0.3) is 16.9 Å². The van der Waals surface area contributed by atoms with Crippen LogP contribution in [0.5, 0.6) is 11.5 Å². The van der Waals surface area contributed by atoms with Crippen LogP contribution >= 0.6 is 0 Å². The summed E-state index contributed by atoms with van der Waals surface area (Å²) in [6.45, 7) is 4.06. The van der Waals surface area contributed by atoms with Crippen molar-refractivity contribution in [1.82, 2.24) is 5.32 Å². The third-order valence-corrected chi connectivity index (χ3v) is 7.71. The molecule has 0 bridgehead atoms. The molecular formula is C31H37FN2O4. The Morgan fingerprint density at radius 1 is 1.18 bits per heavy atom. The van der Waals surface area contributed by atoms with Crippen molar-refractivity contribution in [3.63, 3.8) is 0 Å². The van der Waals surface area contributed by atoms with E-state index in [1.807, 2.05) is 18.2 Å². The monoisotopic (exact) mass is 520 g/mol. The van der Waals surface area contributed by atoms with Crippen LogP contribution in [0.3, 0.4) is 0 Å². The second-order valence-corrected chi connectivity index (χ2v) is 10.5. The van der Waals surface area contributed by atoms with Crippen LogP contribution in [-0.2, 0) is 9.53 Å². The van der Waals surface area contributed by atoms with Crippen molar-refractivity contribution in [1.29, 1.82) is 0 Å². The molecule has 2 aliphatic heterocycles. The van der Waals surface area contributed by atoms with Gasteiger partial charge in [0.2, 0.25) is 5.91 Å². The minimum absolute atomic E-state index is 0.00304. The van der Waals surface area contributed by atoms with E-state index in [0.717, 1.165) is 57.5 Å². The number of hydrogen-bond acceptors (Lipinski definition) is 5. The molecule has 1 amide bonds. The zero-order chi connectivity index (χ0) is 26.5. The molecule has 1 saturated carbocycles. The first-order chi connectivity index (χ1) is 18.5. The van der Waals surface area contributed by atoms with E-state index in [4.69, 9.17) is 9.47 Å². The molecule has 0 aromatic heterocycles. The molecule has 3 N–H and O–H groups in total. The van der Waals surface area contributed by atoms with E-state index in [9.17, 15) is 9.90 Å². The topological polar surface area (TPSA) is 79.8 Å². The third-order valence-electron chi connectivity index (χ3n) is 7.71. The van der Waals surface area contributed by atoms with Crippen molar-refractivity contribution >= 4 is 17.4 Å². The number of hydrogen-bond donors (Lipinski definition) is 3. The Labute approximate surface area is 223 Å². The lowest BCUT2D eigenvalue weighted by Crippen LogP contribution is -2.27. The molecule has 5 rings (SSSR count). The summed E-state index contributed by atoms with van der Waals surface area (Å²) in [5.74, 6) is 0.685. The molecule has 3 aliphatic rings. The molecule has 2 heterocycles. The number of halogens is 1. The summed E-state index contributed by atoms with van der Waals surface area (Å²) in [6.07, 6.45) is 12.5. The van der Waals surface area contributed by atoms with E-state index in [0.29, 0.717) is 29.1 Å². The molecule has 0 atom stereocenters. The number of anilines is 1. The van der Waals surface area contributed by atoms with Gasteiger partial charge >= 0.3 is 0 Å². The fraction of sp³-hybridized carbons (Fsp3) is 0.452. The molecule has 7 heteroatoms. The van der Waals surface area contributed by atoms with Crippen LogP contribution < -0.4 is 15.4 Å². The van der Waals surface area contributed by atoms with Gasteiger partial charge < -0.3 is 25.2 Å². The standard InChI is InChI=1S/C31H37FN2O4/c1-20(35)34-30-27(32)18-23(19-29(30)38-24-6-2-7-24)25-8-3-9-26(31(25)36)28-17-22(5-4-16-37-28)11-10-21-12-14-33-15-13-21/h3,5,8-9,17-19,21,24,33,36H,2,4,6-7,10-16H2,1H3,(H,34,35). The van der Waals surface area contributed by atoms with Crippen LogP contribution in [0.4, 0.5) is 10.1 Å². The van der Waals surface area contributed by atoms with Gasteiger partial charge in [-0.05, 0) is 106 Å². The van der Waals surface area contributed by atoms with Crippen LogP contribution in [-0.4, -0.2) is 36.8 Å². The fourth-order valence-corrected chi connectivity index (χ4v) is 5.32. The first-order valence-electron chi connectivity index (χ1n) is 13.8. The minimum atomic E-state index is -0.607. The van der Waals surface area contributed by atoms with Gasteiger partial charge in [-0.2, -0.15) is 0 Å². The fourth-order valence-electron chi connectivity index (χ4n) is 5.32. The zero-order valence-electron chi connectivity index (χ0n) is 22.0. The van der Waals surface area contributed by atoms with Gasteiger partial charge in [0.05, 0.1) is 18.3 Å². The highest BCUT2D eigenvalue weighted by molar-refractivity contribution is 5.92. The lowest BCUT2D eigenvalue weighted by Gasteiger charge is -2.28. The smallest absolute Gasteiger partial charge is 0.221 e. The summed E-state index contributed by atoms with van der Waals surface area (Å²) in [6, 6.07) is 8.44. The van der Waals surface area contributed by atoms with Crippen molar-refractivity contribution in [2.75, 3.05) is 25.0 Å². The summed E-state index contributed by atoms with van der Waals surface area (Å²) in [5.41, 5.74) is 2.78. The van der Waals surface area contributed by atoms with Crippen molar-refractivity contribution < 1.29 is 23.8 Å². The lowest BCUT2D eigenvalue weighted by molar-refractivity contribution is -0.114. The molecule has 202 valence electrons. The quantitative estimate of drug-likeness (QED) is 0.368. The zero-order valence-corrected chi connectivity index (χ0v) is 22.0. The minimum Gasteiger partial charge on any atom is -0.507 e. The number of amides is 1. The molecular weight excluding hydrogens is 483 g/mol. The molecule has 1 saturated heterocycles. The first-order valence-corrected chi connectivity index (χ1v) is 13.8. The Hall–Kier alpha value is -3.32. The number of carbonyl (C=O) groups excluding carboxylic acids is 1. The number of phenols is 1. The molecule has 6 nitrogen and oxygen atoms in total. The summed E-state index contributed by atoms with van der Waals surface area (Å²) in [4.78, 5) is 11.7. The summed E-state index contributed by atoms with van der Waals surface area (Å²) < 4.78 is 27.3. The van der Waals surface area contributed by atoms with E-state index >= 15 is 4.39 Å². The van der Waals surface area contributed by atoms with E-state index in [1.165, 1.54) is 31.4 Å². The summed E-state index contributed by atoms with van der Waals surface area (Å²) in [7, 11) is 0. The average Bonchev–Trinajstić information content (AvgIpc) is 3.13. The van der Waals surface area contributed by atoms with Crippen molar-refractivity contribution in [3.05, 3.63) is 59.4 Å². The number of rotatable bonds is 8. The Bertz CT molecular complexity index is 1230. The highest BCUT2D eigenvalue weighted by Gasteiger charge is 2.24. The van der Waals surface area contributed by atoms with Crippen LogP contribution in [0.1, 0.15) is 63.9 Å². The summed E-state index contributed by atoms with van der Waals surface area (Å²) in [5, 5.41) is 17.3. The molecule has 0 unspecified atom stereocenters. The molecule has 2 fully saturated rings. The van der Waals surface area contributed by atoms with Gasteiger partial charge in [0, 0.05) is 12.5 Å². The molecule has 38 heavy (non-hydrogen) atoms. The molecule has 2 aromatic carbocycles. The number of benzene rings is 2. The summed E-state index contributed by atoms with van der Waals surface area (Å²) >= 11 is 0. The highest BCUT2D eigenvalue weighted by Crippen LogP contribution is 2.42. The molecule has 1 aliphatic carbocycles.